The van der Waals surface area contributed by atoms with Crippen molar-refractivity contribution in [2.45, 2.75) is 6.18 Å². The SMILES string of the molecule is COC(=O)c1ccc(N2C(=O)c3ccccc3C2=O)cc1C(F)(F)F. The lowest BCUT2D eigenvalue weighted by Crippen LogP contribution is -2.30. The lowest BCUT2D eigenvalue weighted by Gasteiger charge is -2.18. The quantitative estimate of drug-likeness (QED) is 0.616. The number of fused-ring (bicyclic) bond motifs is 1. The normalized spacial score (nSPS) is 13.8. The van der Waals surface area contributed by atoms with Crippen LogP contribution in [-0.4, -0.2) is 24.9 Å². The van der Waals surface area contributed by atoms with Crippen molar-refractivity contribution in [3.63, 3.8) is 0 Å². The highest BCUT2D eigenvalue weighted by Gasteiger charge is 2.40. The number of ether oxygens (including phenoxy) is 1. The van der Waals surface area contributed by atoms with Gasteiger partial charge >= 0.3 is 12.1 Å². The Morgan fingerprint density at radius 3 is 2.04 bits per heavy atom. The van der Waals surface area contributed by atoms with E-state index in [1.165, 1.54) is 12.1 Å². The second-order valence-electron chi connectivity index (χ2n) is 5.21. The summed E-state index contributed by atoms with van der Waals surface area (Å²) in [5.41, 5.74) is -2.04. The number of carbonyl (C=O) groups is 3. The number of nitrogens with zero attached hydrogens (tertiary/aromatic N) is 1. The Labute approximate surface area is 139 Å². The van der Waals surface area contributed by atoms with Crippen molar-refractivity contribution in [2.24, 2.45) is 0 Å². The molecule has 2 aromatic carbocycles. The second kappa shape index (κ2) is 5.73. The molecule has 1 heterocycles. The maximum atomic E-state index is 13.3. The highest BCUT2D eigenvalue weighted by molar-refractivity contribution is 6.34. The smallest absolute Gasteiger partial charge is 0.417 e. The van der Waals surface area contributed by atoms with Gasteiger partial charge < -0.3 is 4.74 Å². The van der Waals surface area contributed by atoms with E-state index < -0.39 is 35.1 Å². The molecule has 0 spiro atoms. The van der Waals surface area contributed by atoms with E-state index in [0.29, 0.717) is 11.0 Å². The maximum absolute atomic E-state index is 13.3. The minimum Gasteiger partial charge on any atom is -0.465 e. The summed E-state index contributed by atoms with van der Waals surface area (Å²) in [6, 6.07) is 8.51. The van der Waals surface area contributed by atoms with Crippen LogP contribution in [0.2, 0.25) is 0 Å². The highest BCUT2D eigenvalue weighted by Crippen LogP contribution is 2.37. The summed E-state index contributed by atoms with van der Waals surface area (Å²) >= 11 is 0. The van der Waals surface area contributed by atoms with Gasteiger partial charge in [-0.05, 0) is 30.3 Å². The molecule has 0 aromatic heterocycles. The summed E-state index contributed by atoms with van der Waals surface area (Å²) < 4.78 is 44.2. The molecule has 0 N–H and O–H groups in total. The van der Waals surface area contributed by atoms with E-state index in [1.54, 1.807) is 12.1 Å². The van der Waals surface area contributed by atoms with Crippen molar-refractivity contribution in [1.29, 1.82) is 0 Å². The van der Waals surface area contributed by atoms with Gasteiger partial charge in [0, 0.05) is 0 Å². The number of esters is 1. The molecule has 2 amide bonds. The third-order valence-electron chi connectivity index (χ3n) is 3.77. The van der Waals surface area contributed by atoms with Crippen molar-refractivity contribution in [3.05, 3.63) is 64.7 Å². The number of anilines is 1. The molecule has 0 unspecified atom stereocenters. The fourth-order valence-electron chi connectivity index (χ4n) is 2.62. The van der Waals surface area contributed by atoms with Gasteiger partial charge in [-0.25, -0.2) is 9.69 Å². The van der Waals surface area contributed by atoms with Crippen LogP contribution in [0.1, 0.15) is 36.6 Å². The first-order chi connectivity index (χ1) is 11.8. The van der Waals surface area contributed by atoms with Gasteiger partial charge in [-0.15, -0.1) is 0 Å². The van der Waals surface area contributed by atoms with Crippen molar-refractivity contribution >= 4 is 23.5 Å². The summed E-state index contributed by atoms with van der Waals surface area (Å²) in [5, 5.41) is 0. The standard InChI is InChI=1S/C17H10F3NO4/c1-25-16(24)12-7-6-9(8-13(12)17(18,19)20)21-14(22)10-4-2-3-5-11(10)15(21)23/h2-8H,1H3. The molecule has 25 heavy (non-hydrogen) atoms. The Balaban J connectivity index is 2.12. The molecule has 1 aliphatic heterocycles. The maximum Gasteiger partial charge on any atom is 0.417 e. The van der Waals surface area contributed by atoms with Crippen LogP contribution in [-0.2, 0) is 10.9 Å². The molecule has 0 aliphatic carbocycles. The number of rotatable bonds is 2. The van der Waals surface area contributed by atoms with Gasteiger partial charge in [0.15, 0.2) is 0 Å². The van der Waals surface area contributed by atoms with Crippen LogP contribution >= 0.6 is 0 Å². The first-order valence-electron chi connectivity index (χ1n) is 7.03. The summed E-state index contributed by atoms with van der Waals surface area (Å²) in [6.45, 7) is 0. The number of hydrogen-bond acceptors (Lipinski definition) is 4. The Bertz CT molecular complexity index is 870. The molecule has 0 saturated carbocycles. The third kappa shape index (κ3) is 2.65. The van der Waals surface area contributed by atoms with Gasteiger partial charge in [-0.3, -0.25) is 9.59 Å². The third-order valence-corrected chi connectivity index (χ3v) is 3.77. The molecule has 8 heteroatoms. The Morgan fingerprint density at radius 2 is 1.56 bits per heavy atom. The first kappa shape index (κ1) is 16.7. The first-order valence-corrected chi connectivity index (χ1v) is 7.03. The second-order valence-corrected chi connectivity index (χ2v) is 5.21. The molecule has 5 nitrogen and oxygen atoms in total. The summed E-state index contributed by atoms with van der Waals surface area (Å²) in [4.78, 5) is 37.0. The topological polar surface area (TPSA) is 63.7 Å². The predicted molar refractivity (Wildman–Crippen MR) is 80.4 cm³/mol. The molecule has 0 atom stereocenters. The van der Waals surface area contributed by atoms with Crippen LogP contribution in [0.5, 0.6) is 0 Å². The van der Waals surface area contributed by atoms with Gasteiger partial charge in [-0.2, -0.15) is 13.2 Å². The highest BCUT2D eigenvalue weighted by atomic mass is 19.4. The van der Waals surface area contributed by atoms with Crippen LogP contribution in [0, 0.1) is 0 Å². The Morgan fingerprint density at radius 1 is 1.00 bits per heavy atom. The largest absolute Gasteiger partial charge is 0.465 e. The molecule has 1 aliphatic rings. The van der Waals surface area contributed by atoms with Crippen molar-refractivity contribution in [1.82, 2.24) is 0 Å². The zero-order chi connectivity index (χ0) is 18.4. The summed E-state index contributed by atoms with van der Waals surface area (Å²) in [6.07, 6.45) is -4.86. The van der Waals surface area contributed by atoms with Crippen molar-refractivity contribution in [3.8, 4) is 0 Å². The van der Waals surface area contributed by atoms with E-state index >= 15 is 0 Å². The van der Waals surface area contributed by atoms with E-state index in [-0.39, 0.29) is 16.8 Å². The number of alkyl halides is 3. The zero-order valence-corrected chi connectivity index (χ0v) is 12.8. The number of amides is 2. The lowest BCUT2D eigenvalue weighted by atomic mass is 10.1. The average molecular weight is 349 g/mol. The van der Waals surface area contributed by atoms with Crippen LogP contribution in [0.15, 0.2) is 42.5 Å². The number of imide groups is 1. The summed E-state index contributed by atoms with van der Waals surface area (Å²) in [7, 11) is 0.959. The molecule has 128 valence electrons. The van der Waals surface area contributed by atoms with Gasteiger partial charge in [-0.1, -0.05) is 12.1 Å². The molecule has 0 saturated heterocycles. The zero-order valence-electron chi connectivity index (χ0n) is 12.8. The van der Waals surface area contributed by atoms with Crippen molar-refractivity contribution in [2.75, 3.05) is 12.0 Å². The van der Waals surface area contributed by atoms with Crippen molar-refractivity contribution < 1.29 is 32.3 Å². The van der Waals surface area contributed by atoms with Gasteiger partial charge in [0.25, 0.3) is 11.8 Å². The minimum atomic E-state index is -4.86. The van der Waals surface area contributed by atoms with E-state index in [9.17, 15) is 27.6 Å². The fourth-order valence-corrected chi connectivity index (χ4v) is 2.62. The van der Waals surface area contributed by atoms with Gasteiger partial charge in [0.2, 0.25) is 0 Å². The summed E-state index contributed by atoms with van der Waals surface area (Å²) in [5.74, 6) is -2.61. The van der Waals surface area contributed by atoms with E-state index in [1.807, 2.05) is 0 Å². The van der Waals surface area contributed by atoms with Crippen LogP contribution in [0.25, 0.3) is 0 Å². The number of carbonyl (C=O) groups excluding carboxylic acids is 3. The lowest BCUT2D eigenvalue weighted by molar-refractivity contribution is -0.138. The Hall–Kier alpha value is -3.16. The van der Waals surface area contributed by atoms with Gasteiger partial charge in [0.1, 0.15) is 0 Å². The molecule has 0 fully saturated rings. The van der Waals surface area contributed by atoms with E-state index in [4.69, 9.17) is 0 Å². The number of benzene rings is 2. The Kier molecular flexibility index (Phi) is 3.82. The molecule has 3 rings (SSSR count). The van der Waals surface area contributed by atoms with E-state index in [2.05, 4.69) is 4.74 Å². The molecule has 0 radical (unpaired) electrons. The molecule has 2 aromatic rings. The average Bonchev–Trinajstić information content (AvgIpc) is 2.84. The monoisotopic (exact) mass is 349 g/mol. The number of hydrogen-bond donors (Lipinski definition) is 0. The molecular weight excluding hydrogens is 339 g/mol. The predicted octanol–water partition coefficient (Wildman–Crippen LogP) is 3.29. The molecule has 0 bridgehead atoms. The fraction of sp³-hybridized carbons (Fsp3) is 0.118. The molecular formula is C17H10F3NO4. The van der Waals surface area contributed by atoms with Gasteiger partial charge in [0.05, 0.1) is 35.1 Å². The minimum absolute atomic E-state index is 0.109. The number of methoxy groups -OCH3 is 1. The number of halogens is 3. The van der Waals surface area contributed by atoms with Crippen LogP contribution in [0.3, 0.4) is 0 Å². The van der Waals surface area contributed by atoms with Crippen LogP contribution in [0.4, 0.5) is 18.9 Å². The van der Waals surface area contributed by atoms with E-state index in [0.717, 1.165) is 19.2 Å². The van der Waals surface area contributed by atoms with Crippen LogP contribution < -0.4 is 4.90 Å².